The van der Waals surface area contributed by atoms with Gasteiger partial charge in [0.2, 0.25) is 0 Å². The first-order chi connectivity index (χ1) is 13.6. The van der Waals surface area contributed by atoms with Gasteiger partial charge in [0.25, 0.3) is 0 Å². The molecule has 148 valence electrons. The van der Waals surface area contributed by atoms with Crippen LogP contribution in [0.5, 0.6) is 0 Å². The second-order valence-corrected chi connectivity index (χ2v) is 6.58. The summed E-state index contributed by atoms with van der Waals surface area (Å²) in [6.07, 6.45) is -0.856. The van der Waals surface area contributed by atoms with Gasteiger partial charge in [0.15, 0.2) is 23.2 Å². The van der Waals surface area contributed by atoms with Crippen LogP contribution >= 0.6 is 0 Å². The van der Waals surface area contributed by atoms with Crippen LogP contribution in [-0.2, 0) is 11.2 Å². The number of benzene rings is 1. The third-order valence-electron chi connectivity index (χ3n) is 4.75. The lowest BCUT2D eigenvalue weighted by molar-refractivity contribution is -0.0511. The van der Waals surface area contributed by atoms with E-state index in [0.717, 1.165) is 5.56 Å². The molecule has 0 bridgehead atoms. The van der Waals surface area contributed by atoms with E-state index in [1.54, 1.807) is 6.07 Å². The number of aliphatic hydroxyl groups excluding tert-OH is 3. The summed E-state index contributed by atoms with van der Waals surface area (Å²) in [5, 5.41) is 32.6. The van der Waals surface area contributed by atoms with Crippen LogP contribution < -0.4 is 5.32 Å². The van der Waals surface area contributed by atoms with Crippen molar-refractivity contribution in [2.75, 3.05) is 18.5 Å². The van der Waals surface area contributed by atoms with Crippen molar-refractivity contribution >= 4 is 17.0 Å². The van der Waals surface area contributed by atoms with E-state index >= 15 is 0 Å². The molecule has 1 aromatic carbocycles. The van der Waals surface area contributed by atoms with Gasteiger partial charge in [0, 0.05) is 6.54 Å². The molecule has 2 aromatic heterocycles. The maximum absolute atomic E-state index is 13.3. The predicted molar refractivity (Wildman–Crippen MR) is 96.9 cm³/mol. The molecule has 1 aliphatic heterocycles. The zero-order valence-electron chi connectivity index (χ0n) is 14.8. The molecule has 10 heteroatoms. The molecule has 1 aliphatic rings. The number of ether oxygens (including phenoxy) is 1. The highest BCUT2D eigenvalue weighted by molar-refractivity contribution is 5.82. The highest BCUT2D eigenvalue weighted by Gasteiger charge is 2.44. The average Bonchev–Trinajstić information content (AvgIpc) is 3.24. The van der Waals surface area contributed by atoms with Crippen LogP contribution in [0.3, 0.4) is 0 Å². The van der Waals surface area contributed by atoms with Gasteiger partial charge in [0.05, 0.1) is 12.9 Å². The van der Waals surface area contributed by atoms with Crippen molar-refractivity contribution < 1.29 is 24.4 Å². The molecule has 4 unspecified atom stereocenters. The molecule has 0 radical (unpaired) electrons. The molecule has 0 saturated carbocycles. The fraction of sp³-hybridized carbons (Fsp3) is 0.389. The molecule has 3 heterocycles. The number of hydrogen-bond donors (Lipinski definition) is 4. The number of rotatable bonds is 6. The van der Waals surface area contributed by atoms with Crippen LogP contribution in [0.1, 0.15) is 11.8 Å². The number of hydrogen-bond acceptors (Lipinski definition) is 8. The summed E-state index contributed by atoms with van der Waals surface area (Å²) >= 11 is 0. The van der Waals surface area contributed by atoms with Crippen LogP contribution in [0.4, 0.5) is 10.2 Å². The number of halogens is 1. The van der Waals surface area contributed by atoms with Crippen LogP contribution in [0.15, 0.2) is 36.9 Å². The zero-order chi connectivity index (χ0) is 19.7. The Hall–Kier alpha value is -2.66. The first-order valence-electron chi connectivity index (χ1n) is 8.87. The molecule has 0 aliphatic carbocycles. The van der Waals surface area contributed by atoms with Crippen molar-refractivity contribution in [3.05, 3.63) is 48.3 Å². The first kappa shape index (κ1) is 18.7. The summed E-state index contributed by atoms with van der Waals surface area (Å²) in [6.45, 7) is 0.0967. The minimum Gasteiger partial charge on any atom is -0.394 e. The largest absolute Gasteiger partial charge is 0.394 e. The maximum Gasteiger partial charge on any atom is 0.167 e. The van der Waals surface area contributed by atoms with Gasteiger partial charge in [-0.1, -0.05) is 12.1 Å². The van der Waals surface area contributed by atoms with Crippen molar-refractivity contribution in [1.29, 1.82) is 0 Å². The Morgan fingerprint density at radius 1 is 1.18 bits per heavy atom. The topological polar surface area (TPSA) is 126 Å². The molecule has 0 amide bonds. The summed E-state index contributed by atoms with van der Waals surface area (Å²) in [4.78, 5) is 12.7. The number of nitrogens with one attached hydrogen (secondary N) is 1. The van der Waals surface area contributed by atoms with E-state index in [1.165, 1.54) is 29.4 Å². The average molecular weight is 389 g/mol. The van der Waals surface area contributed by atoms with E-state index in [2.05, 4.69) is 20.3 Å². The highest BCUT2D eigenvalue weighted by atomic mass is 19.1. The van der Waals surface area contributed by atoms with Crippen molar-refractivity contribution in [3.8, 4) is 0 Å². The second kappa shape index (κ2) is 7.76. The number of aromatic nitrogens is 4. The molecule has 3 aromatic rings. The number of aliphatic hydroxyl groups is 3. The van der Waals surface area contributed by atoms with E-state index in [0.29, 0.717) is 29.9 Å². The normalized spacial score (nSPS) is 24.7. The van der Waals surface area contributed by atoms with E-state index < -0.39 is 31.1 Å². The fourth-order valence-corrected chi connectivity index (χ4v) is 3.30. The van der Waals surface area contributed by atoms with E-state index in [9.17, 15) is 19.7 Å². The molecular weight excluding hydrogens is 369 g/mol. The summed E-state index contributed by atoms with van der Waals surface area (Å²) in [6, 6.07) is 6.38. The van der Waals surface area contributed by atoms with Gasteiger partial charge in [-0.2, -0.15) is 0 Å². The number of anilines is 1. The van der Waals surface area contributed by atoms with Crippen molar-refractivity contribution in [2.24, 2.45) is 0 Å². The lowest BCUT2D eigenvalue weighted by Crippen LogP contribution is -2.33. The van der Waals surface area contributed by atoms with Gasteiger partial charge in [-0.3, -0.25) is 4.57 Å². The Bertz CT molecular complexity index is 968. The van der Waals surface area contributed by atoms with Gasteiger partial charge in [-0.25, -0.2) is 19.3 Å². The van der Waals surface area contributed by atoms with Crippen LogP contribution in [0.2, 0.25) is 0 Å². The number of fused-ring (bicyclic) bond motifs is 1. The fourth-order valence-electron chi connectivity index (χ4n) is 3.30. The molecule has 28 heavy (non-hydrogen) atoms. The minimum atomic E-state index is -1.23. The van der Waals surface area contributed by atoms with Gasteiger partial charge in [-0.05, 0) is 24.1 Å². The SMILES string of the molecule is OCC1OC(n2cnc3c(NCCc4cccc(F)c4)ncnc32)C(O)C1O. The minimum absolute atomic E-state index is 0.279. The smallest absolute Gasteiger partial charge is 0.167 e. The van der Waals surface area contributed by atoms with Crippen LogP contribution in [0, 0.1) is 5.82 Å². The zero-order valence-corrected chi connectivity index (χ0v) is 14.8. The van der Waals surface area contributed by atoms with E-state index in [4.69, 9.17) is 4.74 Å². The van der Waals surface area contributed by atoms with Crippen LogP contribution in [0.25, 0.3) is 11.2 Å². The Morgan fingerprint density at radius 2 is 2.04 bits per heavy atom. The van der Waals surface area contributed by atoms with Crippen molar-refractivity contribution in [1.82, 2.24) is 19.5 Å². The Morgan fingerprint density at radius 3 is 2.79 bits per heavy atom. The maximum atomic E-state index is 13.3. The second-order valence-electron chi connectivity index (χ2n) is 6.58. The standard InChI is InChI=1S/C18H20FN5O4/c19-11-3-1-2-10(6-11)4-5-20-16-13-17(22-8-21-16)24(9-23-13)18-15(27)14(26)12(7-25)28-18/h1-3,6,8-9,12,14-15,18,25-27H,4-5,7H2,(H,20,21,22). The van der Waals surface area contributed by atoms with Gasteiger partial charge in [-0.15, -0.1) is 0 Å². The Balaban J connectivity index is 1.52. The molecule has 1 fully saturated rings. The van der Waals surface area contributed by atoms with Crippen molar-refractivity contribution in [3.63, 3.8) is 0 Å². The van der Waals surface area contributed by atoms with Gasteiger partial charge < -0.3 is 25.4 Å². The first-order valence-corrected chi connectivity index (χ1v) is 8.87. The van der Waals surface area contributed by atoms with Gasteiger partial charge >= 0.3 is 0 Å². The van der Waals surface area contributed by atoms with Crippen LogP contribution in [-0.4, -0.2) is 66.3 Å². The molecule has 4 N–H and O–H groups in total. The number of imidazole rings is 1. The summed E-state index contributed by atoms with van der Waals surface area (Å²) in [5.41, 5.74) is 1.74. The third kappa shape index (κ3) is 3.42. The lowest BCUT2D eigenvalue weighted by Gasteiger charge is -2.16. The summed E-state index contributed by atoms with van der Waals surface area (Å²) < 4.78 is 20.3. The lowest BCUT2D eigenvalue weighted by atomic mass is 10.1. The van der Waals surface area contributed by atoms with Crippen molar-refractivity contribution in [2.45, 2.75) is 31.0 Å². The monoisotopic (exact) mass is 389 g/mol. The predicted octanol–water partition coefficient (Wildman–Crippen LogP) is 0.231. The highest BCUT2D eigenvalue weighted by Crippen LogP contribution is 2.32. The Labute approximate surface area is 159 Å². The molecule has 4 atom stereocenters. The summed E-state index contributed by atoms with van der Waals surface area (Å²) in [5.74, 6) is 0.214. The molecule has 4 rings (SSSR count). The molecule has 1 saturated heterocycles. The third-order valence-corrected chi connectivity index (χ3v) is 4.75. The summed E-state index contributed by atoms with van der Waals surface area (Å²) in [7, 11) is 0. The quantitative estimate of drug-likeness (QED) is 0.472. The Kier molecular flexibility index (Phi) is 5.18. The van der Waals surface area contributed by atoms with Gasteiger partial charge in [0.1, 0.15) is 30.5 Å². The van der Waals surface area contributed by atoms with E-state index in [-0.39, 0.29) is 5.82 Å². The van der Waals surface area contributed by atoms with E-state index in [1.807, 2.05) is 6.07 Å². The molecule has 9 nitrogen and oxygen atoms in total. The molecule has 0 spiro atoms. The molecular formula is C18H20FN5O4. The number of nitrogens with zero attached hydrogens (tertiary/aromatic N) is 4.